The van der Waals surface area contributed by atoms with Gasteiger partial charge < -0.3 is 10.6 Å². The van der Waals surface area contributed by atoms with Crippen molar-refractivity contribution < 1.29 is 13.6 Å². The van der Waals surface area contributed by atoms with Gasteiger partial charge in [-0.25, -0.2) is 8.78 Å². The number of amides is 1. The summed E-state index contributed by atoms with van der Waals surface area (Å²) in [5, 5.41) is 5.48. The van der Waals surface area contributed by atoms with Gasteiger partial charge in [0.2, 0.25) is 5.91 Å². The van der Waals surface area contributed by atoms with E-state index in [1.165, 1.54) is 0 Å². The van der Waals surface area contributed by atoms with Crippen LogP contribution in [-0.2, 0) is 11.2 Å². The second-order valence-corrected chi connectivity index (χ2v) is 5.65. The quantitative estimate of drug-likeness (QED) is 0.809. The van der Waals surface area contributed by atoms with Crippen LogP contribution >= 0.6 is 15.9 Å². The standard InChI is InChI=1S/C15H11BrF2N2O/c16-9-6-11(18)13(7-10(9)17)20-15(21)14-5-8-3-1-2-4-12(8)19-14/h1-4,6-7,14,19H,5H2,(H,20,21). The molecule has 108 valence electrons. The van der Waals surface area contributed by atoms with Gasteiger partial charge in [-0.05, 0) is 33.6 Å². The third-order valence-electron chi connectivity index (χ3n) is 3.36. The molecule has 0 saturated heterocycles. The number of halogens is 3. The van der Waals surface area contributed by atoms with Crippen LogP contribution in [0.3, 0.4) is 0 Å². The van der Waals surface area contributed by atoms with Crippen LogP contribution in [0.2, 0.25) is 0 Å². The number of para-hydroxylation sites is 1. The number of hydrogen-bond donors (Lipinski definition) is 2. The molecule has 0 radical (unpaired) electrons. The molecule has 1 heterocycles. The molecule has 0 saturated carbocycles. The number of rotatable bonds is 2. The van der Waals surface area contributed by atoms with Gasteiger partial charge in [-0.2, -0.15) is 0 Å². The fourth-order valence-corrected chi connectivity index (χ4v) is 2.61. The lowest BCUT2D eigenvalue weighted by atomic mass is 10.1. The predicted octanol–water partition coefficient (Wildman–Crippen LogP) is 3.70. The molecule has 3 nitrogen and oxygen atoms in total. The Morgan fingerprint density at radius 1 is 1.24 bits per heavy atom. The number of carbonyl (C=O) groups excluding carboxylic acids is 1. The lowest BCUT2D eigenvalue weighted by molar-refractivity contribution is -0.116. The lowest BCUT2D eigenvalue weighted by Crippen LogP contribution is -2.33. The largest absolute Gasteiger partial charge is 0.373 e. The van der Waals surface area contributed by atoms with Crippen molar-refractivity contribution in [3.8, 4) is 0 Å². The van der Waals surface area contributed by atoms with Crippen molar-refractivity contribution in [1.29, 1.82) is 0 Å². The number of benzene rings is 2. The van der Waals surface area contributed by atoms with E-state index >= 15 is 0 Å². The smallest absolute Gasteiger partial charge is 0.247 e. The molecule has 2 aromatic carbocycles. The Morgan fingerprint density at radius 2 is 2.00 bits per heavy atom. The lowest BCUT2D eigenvalue weighted by Gasteiger charge is -2.13. The number of anilines is 2. The fourth-order valence-electron chi connectivity index (χ4n) is 2.29. The number of nitrogens with one attached hydrogen (secondary N) is 2. The summed E-state index contributed by atoms with van der Waals surface area (Å²) in [6, 6.07) is 9.02. The molecule has 1 aliphatic heterocycles. The number of fused-ring (bicyclic) bond motifs is 1. The molecular formula is C15H11BrF2N2O. The van der Waals surface area contributed by atoms with Crippen LogP contribution in [0.5, 0.6) is 0 Å². The van der Waals surface area contributed by atoms with Crippen LogP contribution in [-0.4, -0.2) is 11.9 Å². The molecule has 1 unspecified atom stereocenters. The first-order valence-electron chi connectivity index (χ1n) is 6.34. The van der Waals surface area contributed by atoms with E-state index in [0.29, 0.717) is 6.42 Å². The van der Waals surface area contributed by atoms with E-state index in [0.717, 1.165) is 23.4 Å². The Morgan fingerprint density at radius 3 is 2.76 bits per heavy atom. The highest BCUT2D eigenvalue weighted by Crippen LogP contribution is 2.27. The molecule has 1 aliphatic rings. The van der Waals surface area contributed by atoms with E-state index in [9.17, 15) is 13.6 Å². The summed E-state index contributed by atoms with van der Waals surface area (Å²) in [6.07, 6.45) is 0.517. The predicted molar refractivity (Wildman–Crippen MR) is 80.2 cm³/mol. The molecule has 0 aliphatic carbocycles. The Kier molecular flexibility index (Phi) is 3.63. The summed E-state index contributed by atoms with van der Waals surface area (Å²) in [4.78, 5) is 12.2. The van der Waals surface area contributed by atoms with Crippen molar-refractivity contribution in [1.82, 2.24) is 0 Å². The van der Waals surface area contributed by atoms with Gasteiger partial charge in [0.05, 0.1) is 10.2 Å². The maximum Gasteiger partial charge on any atom is 0.247 e. The molecule has 21 heavy (non-hydrogen) atoms. The van der Waals surface area contributed by atoms with Gasteiger partial charge in [-0.15, -0.1) is 0 Å². The fraction of sp³-hybridized carbons (Fsp3) is 0.133. The molecule has 0 bridgehead atoms. The second-order valence-electron chi connectivity index (χ2n) is 4.79. The minimum atomic E-state index is -0.688. The second kappa shape index (κ2) is 5.44. The van der Waals surface area contributed by atoms with Gasteiger partial charge >= 0.3 is 0 Å². The van der Waals surface area contributed by atoms with E-state index in [1.54, 1.807) is 0 Å². The van der Waals surface area contributed by atoms with Gasteiger partial charge in [0.1, 0.15) is 17.7 Å². The maximum absolute atomic E-state index is 13.7. The summed E-state index contributed by atoms with van der Waals surface area (Å²) < 4.78 is 27.1. The van der Waals surface area contributed by atoms with Gasteiger partial charge in [0.15, 0.2) is 0 Å². The van der Waals surface area contributed by atoms with Crippen molar-refractivity contribution in [2.45, 2.75) is 12.5 Å². The van der Waals surface area contributed by atoms with Crippen LogP contribution in [0.1, 0.15) is 5.56 Å². The average Bonchev–Trinajstić information content (AvgIpc) is 2.88. The Bertz CT molecular complexity index is 696. The molecule has 1 atom stereocenters. The first kappa shape index (κ1) is 14.0. The highest BCUT2D eigenvalue weighted by Gasteiger charge is 2.27. The molecule has 6 heteroatoms. The number of carbonyl (C=O) groups is 1. The zero-order chi connectivity index (χ0) is 15.0. The third kappa shape index (κ3) is 2.76. The zero-order valence-electron chi connectivity index (χ0n) is 10.8. The maximum atomic E-state index is 13.7. The van der Waals surface area contributed by atoms with E-state index in [-0.39, 0.29) is 10.2 Å². The first-order chi connectivity index (χ1) is 10.0. The molecule has 0 spiro atoms. The zero-order valence-corrected chi connectivity index (χ0v) is 12.4. The van der Waals surface area contributed by atoms with Crippen molar-refractivity contribution in [2.75, 3.05) is 10.6 Å². The highest BCUT2D eigenvalue weighted by molar-refractivity contribution is 9.10. The van der Waals surface area contributed by atoms with Crippen LogP contribution in [0, 0.1) is 11.6 Å². The Labute approximate surface area is 128 Å². The normalized spacial score (nSPS) is 16.2. The SMILES string of the molecule is O=C(Nc1cc(F)c(Br)cc1F)C1Cc2ccccc2N1. The number of hydrogen-bond acceptors (Lipinski definition) is 2. The van der Waals surface area contributed by atoms with Crippen LogP contribution in [0.25, 0.3) is 0 Å². The summed E-state index contributed by atoms with van der Waals surface area (Å²) in [6.45, 7) is 0. The van der Waals surface area contributed by atoms with Gasteiger partial charge in [0, 0.05) is 18.2 Å². The molecule has 2 N–H and O–H groups in total. The molecule has 2 aromatic rings. The van der Waals surface area contributed by atoms with Crippen molar-refractivity contribution >= 4 is 33.2 Å². The average molecular weight is 353 g/mol. The van der Waals surface area contributed by atoms with Crippen molar-refractivity contribution in [3.05, 3.63) is 58.1 Å². The van der Waals surface area contributed by atoms with Gasteiger partial charge in [-0.3, -0.25) is 4.79 Å². The Balaban J connectivity index is 1.75. The third-order valence-corrected chi connectivity index (χ3v) is 3.96. The van der Waals surface area contributed by atoms with Crippen LogP contribution in [0.4, 0.5) is 20.2 Å². The molecular weight excluding hydrogens is 342 g/mol. The highest BCUT2D eigenvalue weighted by atomic mass is 79.9. The topological polar surface area (TPSA) is 41.1 Å². The van der Waals surface area contributed by atoms with E-state index in [2.05, 4.69) is 26.6 Å². The first-order valence-corrected chi connectivity index (χ1v) is 7.14. The van der Waals surface area contributed by atoms with Crippen LogP contribution in [0.15, 0.2) is 40.9 Å². The van der Waals surface area contributed by atoms with Gasteiger partial charge in [0.25, 0.3) is 0 Å². The minimum absolute atomic E-state index is 0.0180. The summed E-state index contributed by atoms with van der Waals surface area (Å²) in [7, 11) is 0. The van der Waals surface area contributed by atoms with E-state index in [1.807, 2.05) is 24.3 Å². The minimum Gasteiger partial charge on any atom is -0.373 e. The summed E-state index contributed by atoms with van der Waals surface area (Å²) in [5.74, 6) is -1.71. The molecule has 3 rings (SSSR count). The molecule has 1 amide bonds. The van der Waals surface area contributed by atoms with Gasteiger partial charge in [-0.1, -0.05) is 18.2 Å². The molecule has 0 fully saturated rings. The van der Waals surface area contributed by atoms with Crippen molar-refractivity contribution in [2.24, 2.45) is 0 Å². The van der Waals surface area contributed by atoms with Crippen molar-refractivity contribution in [3.63, 3.8) is 0 Å². The molecule has 0 aromatic heterocycles. The Hall–Kier alpha value is -1.95. The monoisotopic (exact) mass is 352 g/mol. The summed E-state index contributed by atoms with van der Waals surface area (Å²) >= 11 is 2.89. The summed E-state index contributed by atoms with van der Waals surface area (Å²) in [5.41, 5.74) is 1.75. The van der Waals surface area contributed by atoms with E-state index < -0.39 is 23.6 Å². The van der Waals surface area contributed by atoms with Crippen LogP contribution < -0.4 is 10.6 Å². The van der Waals surface area contributed by atoms with E-state index in [4.69, 9.17) is 0 Å².